The van der Waals surface area contributed by atoms with Crippen LogP contribution >= 0.6 is 11.6 Å². The van der Waals surface area contributed by atoms with Gasteiger partial charge < -0.3 is 4.74 Å². The molecule has 0 radical (unpaired) electrons. The van der Waals surface area contributed by atoms with Crippen LogP contribution in [0.25, 0.3) is 10.9 Å². The summed E-state index contributed by atoms with van der Waals surface area (Å²) in [4.78, 5) is 23.9. The van der Waals surface area contributed by atoms with Crippen LogP contribution in [0, 0.1) is 18.3 Å². The fraction of sp³-hybridized carbons (Fsp3) is 0.143. The van der Waals surface area contributed by atoms with Crippen molar-refractivity contribution in [2.24, 2.45) is 0 Å². The first-order chi connectivity index (χ1) is 9.49. The third-order valence-corrected chi connectivity index (χ3v) is 2.97. The second kappa shape index (κ2) is 5.35. The number of terminal acetylenes is 1. The van der Waals surface area contributed by atoms with E-state index in [0.29, 0.717) is 0 Å². The summed E-state index contributed by atoms with van der Waals surface area (Å²) in [7, 11) is 0. The van der Waals surface area contributed by atoms with Crippen LogP contribution in [0.2, 0.25) is 5.02 Å². The lowest BCUT2D eigenvalue weighted by Gasteiger charge is -2.08. The highest BCUT2D eigenvalue weighted by Crippen LogP contribution is 2.21. The Morgan fingerprint density at radius 1 is 1.55 bits per heavy atom. The smallest absolute Gasteiger partial charge is 0.343 e. The van der Waals surface area contributed by atoms with Crippen molar-refractivity contribution in [1.82, 2.24) is 4.57 Å². The summed E-state index contributed by atoms with van der Waals surface area (Å²) in [6.07, 6.45) is 6.50. The van der Waals surface area contributed by atoms with Crippen LogP contribution in [0.4, 0.5) is 4.39 Å². The Hall–Kier alpha value is -2.32. The summed E-state index contributed by atoms with van der Waals surface area (Å²) < 4.78 is 19.5. The fourth-order valence-electron chi connectivity index (χ4n) is 1.78. The lowest BCUT2D eigenvalue weighted by atomic mass is 10.1. The Morgan fingerprint density at radius 3 is 2.85 bits per heavy atom. The number of halogens is 2. The molecule has 1 aromatic carbocycles. The third-order valence-electron chi connectivity index (χ3n) is 2.68. The van der Waals surface area contributed by atoms with Gasteiger partial charge in [-0.1, -0.05) is 18.0 Å². The lowest BCUT2D eigenvalue weighted by molar-refractivity contribution is 0.0524. The monoisotopic (exact) mass is 293 g/mol. The molecule has 0 bridgehead atoms. The van der Waals surface area contributed by atoms with Gasteiger partial charge in [-0.15, -0.1) is 0 Å². The molecular weight excluding hydrogens is 285 g/mol. The van der Waals surface area contributed by atoms with E-state index >= 15 is 0 Å². The number of carbonyl (C=O) groups excluding carboxylic acids is 1. The van der Waals surface area contributed by atoms with E-state index in [4.69, 9.17) is 22.8 Å². The summed E-state index contributed by atoms with van der Waals surface area (Å²) in [5.74, 6) is -1.57. The highest BCUT2D eigenvalue weighted by Gasteiger charge is 2.17. The van der Waals surface area contributed by atoms with E-state index in [9.17, 15) is 14.0 Å². The molecule has 2 aromatic rings. The number of nitrogens with zero attached hydrogens (tertiary/aromatic N) is 1. The van der Waals surface area contributed by atoms with Crippen LogP contribution in [-0.2, 0) is 4.74 Å². The first kappa shape index (κ1) is 14.1. The van der Waals surface area contributed by atoms with E-state index in [-0.39, 0.29) is 28.1 Å². The zero-order valence-electron chi connectivity index (χ0n) is 10.4. The second-order valence-corrected chi connectivity index (χ2v) is 4.28. The highest BCUT2D eigenvalue weighted by atomic mass is 35.5. The first-order valence-electron chi connectivity index (χ1n) is 5.67. The molecule has 0 unspecified atom stereocenters. The van der Waals surface area contributed by atoms with Gasteiger partial charge in [0.2, 0.25) is 5.43 Å². The Bertz CT molecular complexity index is 805. The molecule has 0 saturated heterocycles. The van der Waals surface area contributed by atoms with Gasteiger partial charge >= 0.3 is 5.97 Å². The van der Waals surface area contributed by atoms with Gasteiger partial charge in [0, 0.05) is 12.2 Å². The maximum Gasteiger partial charge on any atom is 0.343 e. The van der Waals surface area contributed by atoms with Crippen molar-refractivity contribution in [2.75, 3.05) is 6.61 Å². The average molecular weight is 294 g/mol. The van der Waals surface area contributed by atoms with Crippen LogP contribution in [0.1, 0.15) is 17.3 Å². The largest absolute Gasteiger partial charge is 0.462 e. The number of rotatable bonds is 2. The number of aromatic nitrogens is 1. The number of ether oxygens (including phenoxy) is 1. The predicted molar refractivity (Wildman–Crippen MR) is 73.4 cm³/mol. The van der Waals surface area contributed by atoms with E-state index in [1.807, 2.05) is 0 Å². The van der Waals surface area contributed by atoms with Crippen molar-refractivity contribution < 1.29 is 13.9 Å². The molecule has 0 amide bonds. The molecule has 4 nitrogen and oxygen atoms in total. The molecular formula is C14H9ClFNO3. The topological polar surface area (TPSA) is 48.3 Å². The van der Waals surface area contributed by atoms with Crippen molar-refractivity contribution in [3.63, 3.8) is 0 Å². The fourth-order valence-corrected chi connectivity index (χ4v) is 1.94. The van der Waals surface area contributed by atoms with Gasteiger partial charge in [-0.3, -0.25) is 9.36 Å². The van der Waals surface area contributed by atoms with Crippen molar-refractivity contribution in [1.29, 1.82) is 0 Å². The third kappa shape index (κ3) is 2.26. The molecule has 2 rings (SSSR count). The minimum absolute atomic E-state index is 0.0320. The summed E-state index contributed by atoms with van der Waals surface area (Å²) >= 11 is 5.67. The molecule has 1 heterocycles. The minimum atomic E-state index is -0.807. The van der Waals surface area contributed by atoms with Crippen LogP contribution in [0.3, 0.4) is 0 Å². The molecule has 0 fully saturated rings. The normalized spacial score (nSPS) is 10.3. The number of carbonyl (C=O) groups is 1. The predicted octanol–water partition coefficient (Wildman–Crippen LogP) is 2.41. The second-order valence-electron chi connectivity index (χ2n) is 3.87. The van der Waals surface area contributed by atoms with Crippen molar-refractivity contribution in [3.05, 3.63) is 45.0 Å². The average Bonchev–Trinajstić information content (AvgIpc) is 2.42. The number of hydrogen-bond acceptors (Lipinski definition) is 3. The molecule has 1 aromatic heterocycles. The van der Waals surface area contributed by atoms with E-state index in [2.05, 4.69) is 6.04 Å². The number of benzene rings is 1. The number of hydrogen-bond donors (Lipinski definition) is 0. The van der Waals surface area contributed by atoms with Crippen molar-refractivity contribution in [2.45, 2.75) is 6.92 Å². The van der Waals surface area contributed by atoms with E-state index in [1.165, 1.54) is 16.8 Å². The van der Waals surface area contributed by atoms with E-state index in [1.54, 1.807) is 6.92 Å². The number of esters is 1. The Morgan fingerprint density at radius 2 is 2.25 bits per heavy atom. The summed E-state index contributed by atoms with van der Waals surface area (Å²) in [5, 5.41) is -0.194. The maximum absolute atomic E-state index is 13.5. The molecule has 102 valence electrons. The SMILES string of the molecule is C#Cn1cc(C(=O)OCC)c(=O)c2cc(F)c(Cl)cc21. The van der Waals surface area contributed by atoms with Gasteiger partial charge in [0.25, 0.3) is 0 Å². The van der Waals surface area contributed by atoms with Gasteiger partial charge in [0.05, 0.1) is 22.5 Å². The van der Waals surface area contributed by atoms with E-state index in [0.717, 1.165) is 6.07 Å². The minimum Gasteiger partial charge on any atom is -0.462 e. The van der Waals surface area contributed by atoms with Gasteiger partial charge in [-0.05, 0) is 19.1 Å². The van der Waals surface area contributed by atoms with Crippen LogP contribution < -0.4 is 5.43 Å². The quantitative estimate of drug-likeness (QED) is 0.631. The Kier molecular flexibility index (Phi) is 3.77. The zero-order valence-corrected chi connectivity index (χ0v) is 11.2. The lowest BCUT2D eigenvalue weighted by Crippen LogP contribution is -2.20. The molecule has 0 aliphatic rings. The summed E-state index contributed by atoms with van der Waals surface area (Å²) in [6.45, 7) is 1.72. The van der Waals surface area contributed by atoms with Crippen LogP contribution in [-0.4, -0.2) is 17.1 Å². The van der Waals surface area contributed by atoms with Crippen LogP contribution in [0.5, 0.6) is 0 Å². The van der Waals surface area contributed by atoms with Gasteiger partial charge in [0.15, 0.2) is 0 Å². The Balaban J connectivity index is 2.86. The van der Waals surface area contributed by atoms with Crippen LogP contribution in [0.15, 0.2) is 23.1 Å². The standard InChI is InChI=1S/C14H9ClFNO3/c1-3-17-7-9(14(19)20-4-2)13(18)8-5-11(16)10(15)6-12(8)17/h1,5-7H,4H2,2H3. The van der Waals surface area contributed by atoms with Gasteiger partial charge in [-0.25, -0.2) is 9.18 Å². The number of fused-ring (bicyclic) bond motifs is 1. The van der Waals surface area contributed by atoms with Gasteiger partial charge in [-0.2, -0.15) is 0 Å². The summed E-state index contributed by atoms with van der Waals surface area (Å²) in [6, 6.07) is 4.46. The van der Waals surface area contributed by atoms with Crippen molar-refractivity contribution >= 4 is 28.5 Å². The number of pyridine rings is 1. The highest BCUT2D eigenvalue weighted by molar-refractivity contribution is 6.31. The molecule has 6 heteroatoms. The molecule has 20 heavy (non-hydrogen) atoms. The molecule has 0 aliphatic heterocycles. The molecule has 0 aliphatic carbocycles. The molecule has 0 atom stereocenters. The first-order valence-corrected chi connectivity index (χ1v) is 6.05. The van der Waals surface area contributed by atoms with E-state index < -0.39 is 17.2 Å². The van der Waals surface area contributed by atoms with Gasteiger partial charge in [0.1, 0.15) is 11.4 Å². The Labute approximate surface area is 118 Å². The zero-order chi connectivity index (χ0) is 14.9. The summed E-state index contributed by atoms with van der Waals surface area (Å²) in [5.41, 5.74) is -0.656. The maximum atomic E-state index is 13.5. The van der Waals surface area contributed by atoms with Crippen molar-refractivity contribution in [3.8, 4) is 12.5 Å². The molecule has 0 spiro atoms. The molecule has 0 N–H and O–H groups in total. The molecule has 0 saturated carbocycles.